The molecule has 0 aromatic rings. The van der Waals surface area contributed by atoms with E-state index >= 15 is 0 Å². The molecule has 1 nitrogen and oxygen atoms in total. The van der Waals surface area contributed by atoms with Crippen molar-refractivity contribution < 1.29 is 5.11 Å². The summed E-state index contributed by atoms with van der Waals surface area (Å²) in [6, 6.07) is 0. The first-order valence-corrected chi connectivity index (χ1v) is 6.20. The smallest absolute Gasteiger partial charge is 0.0456 e. The molecule has 1 heteroatoms. The Bertz CT molecular complexity index is 122. The normalized spacial score (nSPS) is 17.8. The molecule has 0 aromatic heterocycles. The maximum absolute atomic E-state index is 8.91. The van der Waals surface area contributed by atoms with E-state index in [1.54, 1.807) is 0 Å². The molecule has 0 amide bonds. The monoisotopic (exact) mass is 200 g/mol. The van der Waals surface area contributed by atoms with Crippen LogP contribution in [0, 0.1) is 17.8 Å². The number of hydrogen-bond donors (Lipinski definition) is 1. The van der Waals surface area contributed by atoms with Gasteiger partial charge in [-0.2, -0.15) is 0 Å². The maximum atomic E-state index is 8.91. The molecule has 0 aliphatic rings. The van der Waals surface area contributed by atoms with Gasteiger partial charge in [0, 0.05) is 6.61 Å². The van der Waals surface area contributed by atoms with Crippen molar-refractivity contribution in [2.75, 3.05) is 6.61 Å². The van der Waals surface area contributed by atoms with Crippen molar-refractivity contribution in [1.82, 2.24) is 0 Å². The third-order valence-corrected chi connectivity index (χ3v) is 3.05. The van der Waals surface area contributed by atoms with Crippen molar-refractivity contribution >= 4 is 0 Å². The van der Waals surface area contributed by atoms with Gasteiger partial charge in [-0.1, -0.05) is 47.0 Å². The van der Waals surface area contributed by atoms with Crippen molar-refractivity contribution in [3.05, 3.63) is 0 Å². The van der Waals surface area contributed by atoms with Gasteiger partial charge in [0.25, 0.3) is 0 Å². The summed E-state index contributed by atoms with van der Waals surface area (Å²) in [6.45, 7) is 9.43. The predicted molar refractivity (Wildman–Crippen MR) is 63.3 cm³/mol. The third kappa shape index (κ3) is 7.37. The van der Waals surface area contributed by atoms with Crippen LogP contribution in [-0.2, 0) is 0 Å². The summed E-state index contributed by atoms with van der Waals surface area (Å²) in [5, 5.41) is 8.91. The van der Waals surface area contributed by atoms with Gasteiger partial charge in [0.15, 0.2) is 0 Å². The molecular formula is C13H28O. The second kappa shape index (κ2) is 8.28. The van der Waals surface area contributed by atoms with Crippen molar-refractivity contribution in [3.63, 3.8) is 0 Å². The van der Waals surface area contributed by atoms with Crippen molar-refractivity contribution in [3.8, 4) is 0 Å². The molecule has 0 aromatic carbocycles. The summed E-state index contributed by atoms with van der Waals surface area (Å²) in [5.41, 5.74) is 0. The van der Waals surface area contributed by atoms with Gasteiger partial charge >= 0.3 is 0 Å². The van der Waals surface area contributed by atoms with Gasteiger partial charge in [-0.3, -0.25) is 0 Å². The van der Waals surface area contributed by atoms with Crippen molar-refractivity contribution in [2.24, 2.45) is 17.8 Å². The van der Waals surface area contributed by atoms with Crippen LogP contribution in [0.15, 0.2) is 0 Å². The Morgan fingerprint density at radius 2 is 1.36 bits per heavy atom. The average molecular weight is 200 g/mol. The molecular weight excluding hydrogens is 172 g/mol. The summed E-state index contributed by atoms with van der Waals surface area (Å²) in [7, 11) is 0. The van der Waals surface area contributed by atoms with Crippen molar-refractivity contribution in [1.29, 1.82) is 0 Å². The zero-order chi connectivity index (χ0) is 11.0. The van der Waals surface area contributed by atoms with Gasteiger partial charge in [0.1, 0.15) is 0 Å². The molecule has 1 N–H and O–H groups in total. The predicted octanol–water partition coefficient (Wildman–Crippen LogP) is 3.86. The lowest BCUT2D eigenvalue weighted by atomic mass is 9.89. The maximum Gasteiger partial charge on any atom is 0.0456 e. The summed E-state index contributed by atoms with van der Waals surface area (Å²) < 4.78 is 0. The van der Waals surface area contributed by atoms with E-state index < -0.39 is 0 Å². The van der Waals surface area contributed by atoms with Gasteiger partial charge in [-0.25, -0.2) is 0 Å². The number of aliphatic hydroxyl groups excluding tert-OH is 1. The lowest BCUT2D eigenvalue weighted by molar-refractivity contribution is 0.219. The molecule has 0 bridgehead atoms. The molecule has 0 spiro atoms. The summed E-state index contributed by atoms with van der Waals surface area (Å²) in [6.07, 6.45) is 6.47. The first-order chi connectivity index (χ1) is 6.60. The number of hydrogen-bond acceptors (Lipinski definition) is 1. The molecule has 0 heterocycles. The number of rotatable bonds is 8. The quantitative estimate of drug-likeness (QED) is 0.631. The largest absolute Gasteiger partial charge is 0.396 e. The zero-order valence-electron chi connectivity index (χ0n) is 10.4. The average Bonchev–Trinajstić information content (AvgIpc) is 2.14. The van der Waals surface area contributed by atoms with E-state index in [2.05, 4.69) is 27.7 Å². The fourth-order valence-corrected chi connectivity index (χ4v) is 2.08. The fraction of sp³-hybridized carbons (Fsp3) is 1.00. The molecule has 0 fully saturated rings. The van der Waals surface area contributed by atoms with E-state index in [1.807, 2.05) is 0 Å². The van der Waals surface area contributed by atoms with E-state index in [9.17, 15) is 0 Å². The zero-order valence-corrected chi connectivity index (χ0v) is 10.4. The summed E-state index contributed by atoms with van der Waals surface area (Å²) in [4.78, 5) is 0. The topological polar surface area (TPSA) is 20.2 Å². The Hall–Kier alpha value is -0.0400. The van der Waals surface area contributed by atoms with E-state index in [-0.39, 0.29) is 0 Å². The Morgan fingerprint density at radius 1 is 0.857 bits per heavy atom. The molecule has 14 heavy (non-hydrogen) atoms. The van der Waals surface area contributed by atoms with Crippen LogP contribution < -0.4 is 0 Å². The first kappa shape index (κ1) is 14.0. The Balaban J connectivity index is 3.49. The van der Waals surface area contributed by atoms with Crippen LogP contribution >= 0.6 is 0 Å². The Kier molecular flexibility index (Phi) is 8.26. The van der Waals surface area contributed by atoms with E-state index in [4.69, 9.17) is 5.11 Å². The fourth-order valence-electron chi connectivity index (χ4n) is 2.08. The molecule has 86 valence electrons. The van der Waals surface area contributed by atoms with E-state index in [0.29, 0.717) is 12.5 Å². The second-order valence-corrected chi connectivity index (χ2v) is 5.10. The highest BCUT2D eigenvalue weighted by molar-refractivity contribution is 4.61. The molecule has 0 radical (unpaired) electrons. The summed E-state index contributed by atoms with van der Waals surface area (Å²) >= 11 is 0. The highest BCUT2D eigenvalue weighted by Gasteiger charge is 2.09. The minimum Gasteiger partial charge on any atom is -0.396 e. The third-order valence-electron chi connectivity index (χ3n) is 3.05. The van der Waals surface area contributed by atoms with E-state index in [0.717, 1.165) is 11.8 Å². The lowest BCUT2D eigenvalue weighted by Gasteiger charge is -2.17. The Morgan fingerprint density at radius 3 is 1.86 bits per heavy atom. The summed E-state index contributed by atoms with van der Waals surface area (Å²) in [5.74, 6) is 2.18. The van der Waals surface area contributed by atoms with Gasteiger partial charge in [0.05, 0.1) is 0 Å². The van der Waals surface area contributed by atoms with Crippen LogP contribution in [0.1, 0.15) is 59.8 Å². The van der Waals surface area contributed by atoms with Crippen molar-refractivity contribution in [2.45, 2.75) is 59.8 Å². The molecule has 3 unspecified atom stereocenters. The molecule has 0 saturated carbocycles. The van der Waals surface area contributed by atoms with Gasteiger partial charge in [-0.15, -0.1) is 0 Å². The SMILES string of the molecule is CCCC(C)CC(C)CCC(C)CO. The standard InChI is InChI=1S/C13H28O/c1-5-6-11(2)9-12(3)7-8-13(4)10-14/h11-14H,5-10H2,1-4H3. The van der Waals surface area contributed by atoms with Gasteiger partial charge < -0.3 is 5.11 Å². The minimum atomic E-state index is 0.344. The van der Waals surface area contributed by atoms with Crippen LogP contribution in [0.2, 0.25) is 0 Å². The molecule has 0 rings (SSSR count). The molecule has 3 atom stereocenters. The Labute approximate surface area is 89.9 Å². The minimum absolute atomic E-state index is 0.344. The highest BCUT2D eigenvalue weighted by atomic mass is 16.3. The van der Waals surface area contributed by atoms with Gasteiger partial charge in [-0.05, 0) is 30.6 Å². The van der Waals surface area contributed by atoms with Crippen LogP contribution in [0.5, 0.6) is 0 Å². The van der Waals surface area contributed by atoms with Crippen LogP contribution in [0.3, 0.4) is 0 Å². The lowest BCUT2D eigenvalue weighted by Crippen LogP contribution is -2.07. The molecule has 0 saturated heterocycles. The first-order valence-electron chi connectivity index (χ1n) is 6.20. The van der Waals surface area contributed by atoms with Crippen LogP contribution in [0.25, 0.3) is 0 Å². The number of aliphatic hydroxyl groups is 1. The molecule has 0 aliphatic heterocycles. The van der Waals surface area contributed by atoms with Gasteiger partial charge in [0.2, 0.25) is 0 Å². The highest BCUT2D eigenvalue weighted by Crippen LogP contribution is 2.21. The molecule has 0 aliphatic carbocycles. The van der Waals surface area contributed by atoms with E-state index in [1.165, 1.54) is 32.1 Å². The van der Waals surface area contributed by atoms with Crippen LogP contribution in [-0.4, -0.2) is 11.7 Å². The second-order valence-electron chi connectivity index (χ2n) is 5.10. The van der Waals surface area contributed by atoms with Crippen LogP contribution in [0.4, 0.5) is 0 Å².